The van der Waals surface area contributed by atoms with E-state index in [9.17, 15) is 9.59 Å². The van der Waals surface area contributed by atoms with Gasteiger partial charge in [0.1, 0.15) is 0 Å². The van der Waals surface area contributed by atoms with Crippen molar-refractivity contribution in [3.63, 3.8) is 0 Å². The molecule has 2 aromatic carbocycles. The van der Waals surface area contributed by atoms with E-state index in [4.69, 9.17) is 16.3 Å². The van der Waals surface area contributed by atoms with Crippen LogP contribution in [0.2, 0.25) is 5.02 Å². The van der Waals surface area contributed by atoms with E-state index in [2.05, 4.69) is 10.4 Å². The fraction of sp³-hybridized carbons (Fsp3) is 0.348. The molecule has 0 spiro atoms. The molecule has 1 aliphatic rings. The quantitative estimate of drug-likeness (QED) is 0.613. The fourth-order valence-electron chi connectivity index (χ4n) is 3.37. The van der Waals surface area contributed by atoms with Gasteiger partial charge in [0.25, 0.3) is 0 Å². The maximum atomic E-state index is 12.8. The molecular weight excluding hydrogens is 402 g/mol. The zero-order valence-electron chi connectivity index (χ0n) is 17.2. The lowest BCUT2D eigenvalue weighted by Crippen LogP contribution is -2.30. The predicted octanol–water partition coefficient (Wildman–Crippen LogP) is 5.25. The number of amides is 2. The van der Waals surface area contributed by atoms with Crippen LogP contribution in [-0.4, -0.2) is 35.9 Å². The number of aryl methyl sites for hydroxylation is 1. The molecule has 6 nitrogen and oxygen atoms in total. The average Bonchev–Trinajstić information content (AvgIpc) is 3.15. The van der Waals surface area contributed by atoms with Crippen molar-refractivity contribution in [3.05, 3.63) is 64.7 Å². The number of hydrogen-bond acceptors (Lipinski definition) is 4. The highest BCUT2D eigenvalue weighted by molar-refractivity contribution is 6.30. The van der Waals surface area contributed by atoms with Crippen molar-refractivity contribution in [2.45, 2.75) is 33.1 Å². The second kappa shape index (κ2) is 10.3. The number of nitrogens with one attached hydrogen (secondary N) is 1. The topological polar surface area (TPSA) is 71.0 Å². The lowest BCUT2D eigenvalue weighted by molar-refractivity contribution is -0.143. The van der Waals surface area contributed by atoms with E-state index in [-0.39, 0.29) is 17.9 Å². The molecule has 1 unspecified atom stereocenters. The number of anilines is 1. The third-order valence-corrected chi connectivity index (χ3v) is 5.18. The highest BCUT2D eigenvalue weighted by Gasteiger charge is 2.31. The molecular formula is C23H26ClN3O3. The van der Waals surface area contributed by atoms with E-state index in [0.29, 0.717) is 31.0 Å². The second-order valence-corrected chi connectivity index (χ2v) is 7.70. The summed E-state index contributed by atoms with van der Waals surface area (Å²) in [6, 6.07) is 14.8. The molecule has 0 fully saturated rings. The summed E-state index contributed by atoms with van der Waals surface area (Å²) >= 11 is 6.02. The van der Waals surface area contributed by atoms with Gasteiger partial charge in [-0.2, -0.15) is 5.10 Å². The van der Waals surface area contributed by atoms with Crippen LogP contribution in [0.15, 0.2) is 53.6 Å². The molecule has 0 saturated carbocycles. The number of carbonyl (C=O) groups is 2. The Kier molecular flexibility index (Phi) is 7.46. The third kappa shape index (κ3) is 5.83. The van der Waals surface area contributed by atoms with Crippen molar-refractivity contribution in [1.82, 2.24) is 5.01 Å². The van der Waals surface area contributed by atoms with Crippen molar-refractivity contribution in [1.29, 1.82) is 0 Å². The molecule has 0 aromatic heterocycles. The van der Waals surface area contributed by atoms with Crippen LogP contribution >= 0.6 is 11.6 Å². The Bertz CT molecular complexity index is 910. The monoisotopic (exact) mass is 427 g/mol. The molecule has 2 amide bonds. The molecule has 7 heteroatoms. The van der Waals surface area contributed by atoms with E-state index in [1.54, 1.807) is 6.92 Å². The van der Waals surface area contributed by atoms with Crippen LogP contribution in [-0.2, 0) is 9.53 Å². The Morgan fingerprint density at radius 2 is 1.87 bits per heavy atom. The maximum Gasteiger partial charge on any atom is 0.342 e. The number of halogens is 1. The van der Waals surface area contributed by atoms with E-state index in [0.717, 1.165) is 28.9 Å². The maximum absolute atomic E-state index is 12.8. The van der Waals surface area contributed by atoms with Gasteiger partial charge in [0.2, 0.25) is 0 Å². The van der Waals surface area contributed by atoms with Gasteiger partial charge in [-0.1, -0.05) is 41.4 Å². The van der Waals surface area contributed by atoms with Crippen LogP contribution in [0.1, 0.15) is 37.3 Å². The van der Waals surface area contributed by atoms with Gasteiger partial charge in [0.05, 0.1) is 18.9 Å². The largest absolute Gasteiger partial charge is 0.466 e. The number of urea groups is 1. The standard InChI is InChI=1S/C23H26ClN3O3/c1-3-30-21(28)6-4-5-18-15-27(23(29)25-20-13-7-16(2)8-14-20)26-22(18)17-9-11-19(24)12-10-17/h7-14,18H,3-6,15H2,1-2H3,(H,25,29). The lowest BCUT2D eigenvalue weighted by Gasteiger charge is -2.15. The highest BCUT2D eigenvalue weighted by atomic mass is 35.5. The first-order valence-electron chi connectivity index (χ1n) is 10.1. The summed E-state index contributed by atoms with van der Waals surface area (Å²) in [5, 5.41) is 9.59. The van der Waals surface area contributed by atoms with Crippen LogP contribution in [0.4, 0.5) is 10.5 Å². The van der Waals surface area contributed by atoms with E-state index >= 15 is 0 Å². The number of benzene rings is 2. The van der Waals surface area contributed by atoms with Crippen LogP contribution in [0.5, 0.6) is 0 Å². The van der Waals surface area contributed by atoms with Crippen molar-refractivity contribution >= 4 is 35.0 Å². The summed E-state index contributed by atoms with van der Waals surface area (Å²) in [5.74, 6) is -0.168. The highest BCUT2D eigenvalue weighted by Crippen LogP contribution is 2.26. The van der Waals surface area contributed by atoms with Crippen molar-refractivity contribution in [3.8, 4) is 0 Å². The number of hydrazone groups is 1. The molecule has 2 aromatic rings. The van der Waals surface area contributed by atoms with Crippen LogP contribution < -0.4 is 5.32 Å². The molecule has 0 radical (unpaired) electrons. The zero-order chi connectivity index (χ0) is 21.5. The first-order chi connectivity index (χ1) is 14.5. The minimum absolute atomic E-state index is 0.0318. The number of esters is 1. The second-order valence-electron chi connectivity index (χ2n) is 7.26. The molecule has 1 aliphatic heterocycles. The third-order valence-electron chi connectivity index (χ3n) is 4.92. The van der Waals surface area contributed by atoms with E-state index in [1.807, 2.05) is 55.5 Å². The average molecular weight is 428 g/mol. The Morgan fingerprint density at radius 3 is 2.53 bits per heavy atom. The van der Waals surface area contributed by atoms with Gasteiger partial charge in [0, 0.05) is 23.0 Å². The minimum atomic E-state index is -0.279. The summed E-state index contributed by atoms with van der Waals surface area (Å²) in [4.78, 5) is 24.4. The number of nitrogens with zero attached hydrogens (tertiary/aromatic N) is 2. The lowest BCUT2D eigenvalue weighted by atomic mass is 9.92. The Morgan fingerprint density at radius 1 is 1.17 bits per heavy atom. The molecule has 0 aliphatic carbocycles. The van der Waals surface area contributed by atoms with Gasteiger partial charge < -0.3 is 10.1 Å². The normalized spacial score (nSPS) is 15.6. The molecule has 3 rings (SSSR count). The summed E-state index contributed by atoms with van der Waals surface area (Å²) in [6.45, 7) is 4.63. The number of ether oxygens (including phenoxy) is 1. The zero-order valence-corrected chi connectivity index (χ0v) is 18.0. The molecule has 1 N–H and O–H groups in total. The van der Waals surface area contributed by atoms with Gasteiger partial charge in [-0.25, -0.2) is 9.80 Å². The molecule has 1 atom stereocenters. The Hall–Kier alpha value is -2.86. The van der Waals surface area contributed by atoms with Crippen LogP contribution in [0, 0.1) is 12.8 Å². The fourth-order valence-corrected chi connectivity index (χ4v) is 3.50. The van der Waals surface area contributed by atoms with Crippen molar-refractivity contribution in [2.75, 3.05) is 18.5 Å². The molecule has 0 saturated heterocycles. The first kappa shape index (κ1) is 21.8. The van der Waals surface area contributed by atoms with E-state index < -0.39 is 0 Å². The van der Waals surface area contributed by atoms with Gasteiger partial charge >= 0.3 is 12.0 Å². The van der Waals surface area contributed by atoms with Crippen molar-refractivity contribution < 1.29 is 14.3 Å². The summed E-state index contributed by atoms with van der Waals surface area (Å²) < 4.78 is 5.01. The summed E-state index contributed by atoms with van der Waals surface area (Å²) in [6.07, 6.45) is 1.76. The van der Waals surface area contributed by atoms with Gasteiger partial charge in [-0.05, 0) is 56.5 Å². The smallest absolute Gasteiger partial charge is 0.342 e. The molecule has 0 bridgehead atoms. The molecule has 158 valence electrons. The first-order valence-corrected chi connectivity index (χ1v) is 10.5. The summed E-state index contributed by atoms with van der Waals surface area (Å²) in [7, 11) is 0. The van der Waals surface area contributed by atoms with Gasteiger partial charge in [-0.15, -0.1) is 0 Å². The Balaban J connectivity index is 1.71. The van der Waals surface area contributed by atoms with Gasteiger partial charge in [0.15, 0.2) is 0 Å². The van der Waals surface area contributed by atoms with Crippen LogP contribution in [0.3, 0.4) is 0 Å². The predicted molar refractivity (Wildman–Crippen MR) is 119 cm³/mol. The molecule has 1 heterocycles. The number of carbonyl (C=O) groups excluding carboxylic acids is 2. The Labute approximate surface area is 181 Å². The minimum Gasteiger partial charge on any atom is -0.466 e. The van der Waals surface area contributed by atoms with Crippen LogP contribution in [0.25, 0.3) is 0 Å². The molecule has 30 heavy (non-hydrogen) atoms. The number of hydrogen-bond donors (Lipinski definition) is 1. The summed E-state index contributed by atoms with van der Waals surface area (Å²) in [5.41, 5.74) is 3.60. The van der Waals surface area contributed by atoms with Gasteiger partial charge in [-0.3, -0.25) is 4.79 Å². The number of rotatable bonds is 7. The SMILES string of the molecule is CCOC(=O)CCCC1CN(C(=O)Nc2ccc(C)cc2)N=C1c1ccc(Cl)cc1. The van der Waals surface area contributed by atoms with Crippen molar-refractivity contribution in [2.24, 2.45) is 11.0 Å². The van der Waals surface area contributed by atoms with E-state index in [1.165, 1.54) is 5.01 Å².